The van der Waals surface area contributed by atoms with E-state index in [0.717, 1.165) is 16.9 Å². The van der Waals surface area contributed by atoms with Gasteiger partial charge in [0.1, 0.15) is 10.7 Å². The lowest BCUT2D eigenvalue weighted by atomic mass is 10.2. The molecule has 0 atom stereocenters. The fourth-order valence-electron chi connectivity index (χ4n) is 2.27. The fraction of sp³-hybridized carbons (Fsp3) is 0.450. The van der Waals surface area contributed by atoms with Gasteiger partial charge in [0, 0.05) is 4.75 Å². The van der Waals surface area contributed by atoms with Crippen LogP contribution in [0.2, 0.25) is 0 Å². The van der Waals surface area contributed by atoms with E-state index in [0.29, 0.717) is 15.7 Å². The molecule has 1 heterocycles. The third-order valence-electron chi connectivity index (χ3n) is 3.66. The SMILES string of the molecule is CCOC(=O)c1sc(N(Cc2ccc(F)cc2)C(=O)CSC(C)(C)C)nc1C. The number of thioether (sulfide) groups is 1. The number of esters is 1. The van der Waals surface area contributed by atoms with Crippen LogP contribution in [0.1, 0.15) is 48.6 Å². The van der Waals surface area contributed by atoms with Crippen LogP contribution in [0, 0.1) is 12.7 Å². The number of hydrogen-bond acceptors (Lipinski definition) is 6. The molecule has 152 valence electrons. The van der Waals surface area contributed by atoms with Crippen LogP contribution in [0.4, 0.5) is 9.52 Å². The van der Waals surface area contributed by atoms with Crippen LogP contribution in [0.15, 0.2) is 24.3 Å². The van der Waals surface area contributed by atoms with Crippen molar-refractivity contribution in [2.75, 3.05) is 17.3 Å². The molecule has 0 saturated heterocycles. The molecule has 0 unspecified atom stereocenters. The summed E-state index contributed by atoms with van der Waals surface area (Å²) in [5, 5.41) is 0.435. The normalized spacial score (nSPS) is 11.4. The van der Waals surface area contributed by atoms with Crippen molar-refractivity contribution in [3.8, 4) is 0 Å². The maximum Gasteiger partial charge on any atom is 0.350 e. The van der Waals surface area contributed by atoms with Gasteiger partial charge in [-0.1, -0.05) is 44.2 Å². The zero-order valence-electron chi connectivity index (χ0n) is 16.7. The number of rotatable bonds is 7. The highest BCUT2D eigenvalue weighted by Crippen LogP contribution is 2.30. The van der Waals surface area contributed by atoms with Crippen molar-refractivity contribution in [1.82, 2.24) is 4.98 Å². The summed E-state index contributed by atoms with van der Waals surface area (Å²) in [6, 6.07) is 6.00. The number of nitrogens with zero attached hydrogens (tertiary/aromatic N) is 2. The standard InChI is InChI=1S/C20H25FN2O3S2/c1-6-26-18(25)17-13(2)22-19(28-17)23(16(24)12-27-20(3,4)5)11-14-7-9-15(21)10-8-14/h7-10H,6,11-12H2,1-5H3. The predicted octanol–water partition coefficient (Wildman–Crippen LogP) is 4.83. The van der Waals surface area contributed by atoms with E-state index in [1.807, 2.05) is 20.8 Å². The van der Waals surface area contributed by atoms with Crippen molar-refractivity contribution >= 4 is 40.1 Å². The molecule has 1 aromatic heterocycles. The molecule has 5 nitrogen and oxygen atoms in total. The van der Waals surface area contributed by atoms with Gasteiger partial charge in [-0.25, -0.2) is 14.2 Å². The van der Waals surface area contributed by atoms with E-state index in [4.69, 9.17) is 4.74 Å². The summed E-state index contributed by atoms with van der Waals surface area (Å²) in [5.41, 5.74) is 1.31. The van der Waals surface area contributed by atoms with E-state index in [-0.39, 0.29) is 35.4 Å². The Morgan fingerprint density at radius 2 is 1.89 bits per heavy atom. The van der Waals surface area contributed by atoms with Crippen LogP contribution < -0.4 is 4.90 Å². The molecule has 0 spiro atoms. The summed E-state index contributed by atoms with van der Waals surface area (Å²) in [7, 11) is 0. The number of anilines is 1. The maximum absolute atomic E-state index is 13.2. The first-order valence-corrected chi connectivity index (χ1v) is 10.7. The lowest BCUT2D eigenvalue weighted by molar-refractivity contribution is -0.116. The third kappa shape index (κ3) is 6.31. The van der Waals surface area contributed by atoms with Crippen LogP contribution in [0.5, 0.6) is 0 Å². The van der Waals surface area contributed by atoms with E-state index in [9.17, 15) is 14.0 Å². The topological polar surface area (TPSA) is 59.5 Å². The van der Waals surface area contributed by atoms with Gasteiger partial charge in [0.2, 0.25) is 5.91 Å². The van der Waals surface area contributed by atoms with E-state index in [1.165, 1.54) is 23.9 Å². The molecular weight excluding hydrogens is 399 g/mol. The van der Waals surface area contributed by atoms with Gasteiger partial charge in [-0.3, -0.25) is 9.69 Å². The number of hydrogen-bond donors (Lipinski definition) is 0. The minimum Gasteiger partial charge on any atom is -0.462 e. The highest BCUT2D eigenvalue weighted by molar-refractivity contribution is 8.01. The van der Waals surface area contributed by atoms with E-state index < -0.39 is 5.97 Å². The van der Waals surface area contributed by atoms with Crippen LogP contribution in [0.25, 0.3) is 0 Å². The summed E-state index contributed by atoms with van der Waals surface area (Å²) in [4.78, 5) is 31.4. The number of halogens is 1. The molecule has 1 aromatic carbocycles. The quantitative estimate of drug-likeness (QED) is 0.596. The van der Waals surface area contributed by atoms with Crippen LogP contribution >= 0.6 is 23.1 Å². The Bertz CT molecular complexity index is 829. The van der Waals surface area contributed by atoms with Crippen molar-refractivity contribution < 1.29 is 18.7 Å². The van der Waals surface area contributed by atoms with Gasteiger partial charge in [0.05, 0.1) is 24.6 Å². The molecule has 0 aliphatic rings. The average Bonchev–Trinajstić information content (AvgIpc) is 3.00. The summed E-state index contributed by atoms with van der Waals surface area (Å²) in [5.74, 6) is -0.618. The Balaban J connectivity index is 2.31. The van der Waals surface area contributed by atoms with Gasteiger partial charge in [0.15, 0.2) is 5.13 Å². The zero-order chi connectivity index (χ0) is 20.9. The number of aromatic nitrogens is 1. The molecule has 8 heteroatoms. The summed E-state index contributed by atoms with van der Waals surface area (Å²) < 4.78 is 18.2. The van der Waals surface area contributed by atoms with Crippen LogP contribution in [-0.2, 0) is 16.1 Å². The summed E-state index contributed by atoms with van der Waals surface area (Å²) in [6.45, 7) is 10.1. The van der Waals surface area contributed by atoms with Crippen LogP contribution in [0.3, 0.4) is 0 Å². The monoisotopic (exact) mass is 424 g/mol. The van der Waals surface area contributed by atoms with Gasteiger partial charge in [0.25, 0.3) is 0 Å². The first kappa shape index (κ1) is 22.4. The number of carbonyl (C=O) groups is 2. The van der Waals surface area contributed by atoms with E-state index >= 15 is 0 Å². The predicted molar refractivity (Wildman–Crippen MR) is 113 cm³/mol. The highest BCUT2D eigenvalue weighted by Gasteiger charge is 2.25. The molecule has 0 fully saturated rings. The lowest BCUT2D eigenvalue weighted by Crippen LogP contribution is -2.33. The number of aryl methyl sites for hydroxylation is 1. The van der Waals surface area contributed by atoms with Crippen molar-refractivity contribution in [2.45, 2.75) is 45.9 Å². The molecular formula is C20H25FN2O3S2. The smallest absolute Gasteiger partial charge is 0.350 e. The molecule has 0 saturated carbocycles. The summed E-state index contributed by atoms with van der Waals surface area (Å²) >= 11 is 2.67. The van der Waals surface area contributed by atoms with E-state index in [1.54, 1.807) is 30.9 Å². The summed E-state index contributed by atoms with van der Waals surface area (Å²) in [6.07, 6.45) is 0. The molecule has 1 amide bonds. The highest BCUT2D eigenvalue weighted by atomic mass is 32.2. The Labute approximate surface area is 173 Å². The second-order valence-electron chi connectivity index (χ2n) is 7.14. The lowest BCUT2D eigenvalue weighted by Gasteiger charge is -2.23. The fourth-order valence-corrected chi connectivity index (χ4v) is 3.96. The molecule has 2 aromatic rings. The number of thiazole rings is 1. The number of carbonyl (C=O) groups excluding carboxylic acids is 2. The van der Waals surface area contributed by atoms with Crippen molar-refractivity contribution in [1.29, 1.82) is 0 Å². The first-order valence-electron chi connectivity index (χ1n) is 8.94. The molecule has 0 aliphatic carbocycles. The molecule has 28 heavy (non-hydrogen) atoms. The molecule has 2 rings (SSSR count). The van der Waals surface area contributed by atoms with Gasteiger partial charge >= 0.3 is 5.97 Å². The third-order valence-corrected chi connectivity index (χ3v) is 6.08. The average molecular weight is 425 g/mol. The minimum atomic E-state index is -0.443. The molecule has 0 radical (unpaired) electrons. The largest absolute Gasteiger partial charge is 0.462 e. The molecule has 0 aliphatic heterocycles. The number of amides is 1. The van der Waals surface area contributed by atoms with Gasteiger partial charge in [-0.2, -0.15) is 0 Å². The first-order chi connectivity index (χ1) is 13.1. The Morgan fingerprint density at radius 1 is 1.25 bits per heavy atom. The van der Waals surface area contributed by atoms with E-state index in [2.05, 4.69) is 4.98 Å². The maximum atomic E-state index is 13.2. The minimum absolute atomic E-state index is 0.0634. The second-order valence-corrected chi connectivity index (χ2v) is 9.92. The van der Waals surface area contributed by atoms with Crippen LogP contribution in [-0.4, -0.2) is 34.0 Å². The van der Waals surface area contributed by atoms with Gasteiger partial charge < -0.3 is 4.74 Å². The molecule has 0 bridgehead atoms. The Kier molecular flexibility index (Phi) is 7.60. The Morgan fingerprint density at radius 3 is 2.46 bits per heavy atom. The van der Waals surface area contributed by atoms with Gasteiger partial charge in [-0.05, 0) is 31.5 Å². The Hall–Kier alpha value is -1.93. The van der Waals surface area contributed by atoms with Gasteiger partial charge in [-0.15, -0.1) is 11.8 Å². The number of benzene rings is 1. The van der Waals surface area contributed by atoms with Crippen molar-refractivity contribution in [3.63, 3.8) is 0 Å². The second kappa shape index (κ2) is 9.52. The van der Waals surface area contributed by atoms with Crippen molar-refractivity contribution in [2.24, 2.45) is 0 Å². The molecule has 0 N–H and O–H groups in total. The number of ether oxygens (including phenoxy) is 1. The zero-order valence-corrected chi connectivity index (χ0v) is 18.4. The van der Waals surface area contributed by atoms with Crippen molar-refractivity contribution in [3.05, 3.63) is 46.2 Å².